The van der Waals surface area contributed by atoms with Crippen molar-refractivity contribution in [2.24, 2.45) is 5.22 Å². The van der Waals surface area contributed by atoms with Gasteiger partial charge in [-0.25, -0.2) is 18.4 Å². The summed E-state index contributed by atoms with van der Waals surface area (Å²) in [5, 5.41) is 16.9. The number of rotatable bonds is 15. The quantitative estimate of drug-likeness (QED) is 0.0182. The number of hydrogen-bond acceptors (Lipinski definition) is 10. The number of carbonyl (C=O) groups is 1. The Morgan fingerprint density at radius 2 is 1.81 bits per heavy atom. The summed E-state index contributed by atoms with van der Waals surface area (Å²) >= 11 is 0. The van der Waals surface area contributed by atoms with Gasteiger partial charge < -0.3 is 20.1 Å². The molecule has 2 heterocycles. The maximum Gasteiger partial charge on any atom is 0.419 e. The lowest BCUT2D eigenvalue weighted by molar-refractivity contribution is 0.146. The van der Waals surface area contributed by atoms with Gasteiger partial charge in [0.2, 0.25) is 0 Å². The third-order valence-corrected chi connectivity index (χ3v) is 10.1. The molecule has 1 amide bonds. The number of nitrogens with zero attached hydrogens (tertiary/aromatic N) is 7. The van der Waals surface area contributed by atoms with E-state index in [1.807, 2.05) is 72.9 Å². The van der Waals surface area contributed by atoms with Gasteiger partial charge in [0.25, 0.3) is 0 Å². The number of ether oxygens (including phenoxy) is 2. The van der Waals surface area contributed by atoms with Crippen LogP contribution in [0.1, 0.15) is 37.6 Å². The van der Waals surface area contributed by atoms with Crippen molar-refractivity contribution < 1.29 is 18.5 Å². The van der Waals surface area contributed by atoms with Crippen LogP contribution < -0.4 is 20.1 Å². The first-order valence-electron chi connectivity index (χ1n) is 16.1. The van der Waals surface area contributed by atoms with Crippen LogP contribution in [0.15, 0.2) is 109 Å². The van der Waals surface area contributed by atoms with E-state index >= 15 is 0 Å². The van der Waals surface area contributed by atoms with E-state index in [0.717, 1.165) is 50.0 Å². The van der Waals surface area contributed by atoms with Gasteiger partial charge in [-0.15, -0.1) is 5.53 Å². The molecule has 5 aromatic rings. The molecule has 0 bridgehead atoms. The molecule has 14 nitrogen and oxygen atoms in total. The molecular formula is C36H40N10O4S2. The standard InChI is InChI=1S/C36H40N10O4S2/c1-25(39-31-17-18-32(30-12-8-7-11-29(30)31)49-21-19-26-10-9-20-38-23-26)40-34-22-33(36(2,3)4)41-46(34)28-15-13-27(14-16-28)24-50-35(47)42-52(6,48)51-45(5)44-43-37/h7-18,20,22-23,39-40H,1,6,19,21,24H2,2-5H3,(H,42,47,48). The molecule has 0 fully saturated rings. The van der Waals surface area contributed by atoms with Gasteiger partial charge in [0.05, 0.1) is 25.0 Å². The number of azide groups is 1. The first kappa shape index (κ1) is 37.4. The van der Waals surface area contributed by atoms with Crippen LogP contribution in [-0.2, 0) is 31.9 Å². The third kappa shape index (κ3) is 10.1. The smallest absolute Gasteiger partial charge is 0.419 e. The summed E-state index contributed by atoms with van der Waals surface area (Å²) in [6, 6.07) is 25.2. The molecule has 16 heteroatoms. The van der Waals surface area contributed by atoms with E-state index in [9.17, 15) is 9.00 Å². The number of aromatic nitrogens is 3. The van der Waals surface area contributed by atoms with Gasteiger partial charge >= 0.3 is 6.09 Å². The lowest BCUT2D eigenvalue weighted by Gasteiger charge is -2.17. The second-order valence-corrected chi connectivity index (χ2v) is 16.8. The highest BCUT2D eigenvalue weighted by Crippen LogP contribution is 2.33. The minimum absolute atomic E-state index is 0.0844. The van der Waals surface area contributed by atoms with E-state index in [1.54, 1.807) is 23.0 Å². The van der Waals surface area contributed by atoms with Gasteiger partial charge in [-0.05, 0) is 52.6 Å². The van der Waals surface area contributed by atoms with E-state index < -0.39 is 14.8 Å². The Labute approximate surface area is 306 Å². The molecule has 52 heavy (non-hydrogen) atoms. The van der Waals surface area contributed by atoms with Gasteiger partial charge in [0.15, 0.2) is 11.0 Å². The first-order chi connectivity index (χ1) is 24.8. The highest BCUT2D eigenvalue weighted by atomic mass is 33.1. The van der Waals surface area contributed by atoms with Gasteiger partial charge in [-0.2, -0.15) is 14.4 Å². The summed E-state index contributed by atoms with van der Waals surface area (Å²) in [5.41, 5.74) is 12.6. The second-order valence-electron chi connectivity index (χ2n) is 12.6. The largest absolute Gasteiger partial charge is 0.493 e. The summed E-state index contributed by atoms with van der Waals surface area (Å²) in [7, 11) is -1.25. The van der Waals surface area contributed by atoms with Crippen molar-refractivity contribution in [1.82, 2.24) is 23.9 Å². The zero-order valence-corrected chi connectivity index (χ0v) is 30.9. The number of hydrogen-bond donors (Lipinski definition) is 3. The molecule has 1 unspecified atom stereocenters. The topological polar surface area (TPSA) is 171 Å². The van der Waals surface area contributed by atoms with E-state index in [-0.39, 0.29) is 12.0 Å². The molecule has 1 atom stereocenters. The van der Waals surface area contributed by atoms with E-state index in [2.05, 4.69) is 63.7 Å². The molecule has 270 valence electrons. The van der Waals surface area contributed by atoms with Crippen LogP contribution in [0.5, 0.6) is 5.75 Å². The number of benzene rings is 3. The van der Waals surface area contributed by atoms with Crippen molar-refractivity contribution in [2.45, 2.75) is 39.2 Å². The normalized spacial score (nSPS) is 12.2. The van der Waals surface area contributed by atoms with Gasteiger partial charge in [-0.3, -0.25) is 4.98 Å². The van der Waals surface area contributed by atoms with E-state index in [1.165, 1.54) is 7.05 Å². The summed E-state index contributed by atoms with van der Waals surface area (Å²) < 4.78 is 28.9. The molecule has 0 spiro atoms. The molecule has 0 aliphatic heterocycles. The highest BCUT2D eigenvalue weighted by Gasteiger charge is 2.22. The Hall–Kier alpha value is -5.83. The summed E-state index contributed by atoms with van der Waals surface area (Å²) in [6.07, 6.45) is 3.43. The molecule has 0 aliphatic rings. The van der Waals surface area contributed by atoms with E-state index in [4.69, 9.17) is 20.1 Å². The van der Waals surface area contributed by atoms with Crippen molar-refractivity contribution in [3.8, 4) is 11.4 Å². The number of nitrogens with one attached hydrogen (secondary N) is 3. The lowest BCUT2D eigenvalue weighted by Crippen LogP contribution is -2.30. The van der Waals surface area contributed by atoms with Gasteiger partial charge in [-0.1, -0.05) is 69.8 Å². The number of anilines is 2. The highest BCUT2D eigenvalue weighted by molar-refractivity contribution is 8.73. The maximum atomic E-state index is 12.5. The average Bonchev–Trinajstić information content (AvgIpc) is 3.53. The van der Waals surface area contributed by atoms with Crippen LogP contribution in [0.25, 0.3) is 26.9 Å². The van der Waals surface area contributed by atoms with Crippen LogP contribution >= 0.6 is 11.0 Å². The van der Waals surface area contributed by atoms with Crippen LogP contribution in [0, 0.1) is 0 Å². The number of amides is 1. The average molecular weight is 741 g/mol. The van der Waals surface area contributed by atoms with Crippen molar-refractivity contribution in [3.63, 3.8) is 0 Å². The van der Waals surface area contributed by atoms with E-state index in [0.29, 0.717) is 34.8 Å². The fourth-order valence-electron chi connectivity index (χ4n) is 5.02. The predicted octanol–water partition coefficient (Wildman–Crippen LogP) is 7.91. The fourth-order valence-corrected chi connectivity index (χ4v) is 7.23. The van der Waals surface area contributed by atoms with Crippen molar-refractivity contribution in [2.75, 3.05) is 24.3 Å². The number of fused-ring (bicyclic) bond motifs is 1. The minimum atomic E-state index is -3.20. The van der Waals surface area contributed by atoms with Gasteiger partial charge in [0, 0.05) is 46.8 Å². The third-order valence-electron chi connectivity index (χ3n) is 7.48. The van der Waals surface area contributed by atoms with Crippen LogP contribution in [0.3, 0.4) is 0 Å². The molecular weight excluding hydrogens is 701 g/mol. The fraction of sp³-hybridized carbons (Fsp3) is 0.222. The number of carbonyl (C=O) groups excluding carboxylic acids is 1. The zero-order chi connectivity index (χ0) is 37.3. The Morgan fingerprint density at radius 3 is 2.50 bits per heavy atom. The molecule has 3 N–H and O–H groups in total. The molecule has 2 aromatic heterocycles. The maximum absolute atomic E-state index is 12.5. The Kier molecular flexibility index (Phi) is 11.8. The Bertz CT molecular complexity index is 2200. The van der Waals surface area contributed by atoms with Crippen molar-refractivity contribution in [1.29, 1.82) is 0 Å². The molecule has 3 aromatic carbocycles. The van der Waals surface area contributed by atoms with Crippen LogP contribution in [-0.4, -0.2) is 49.0 Å². The minimum Gasteiger partial charge on any atom is -0.493 e. The summed E-state index contributed by atoms with van der Waals surface area (Å²) in [6.45, 7) is 11.0. The molecule has 0 aliphatic carbocycles. The predicted molar refractivity (Wildman–Crippen MR) is 209 cm³/mol. The molecule has 0 saturated heterocycles. The van der Waals surface area contributed by atoms with Crippen molar-refractivity contribution in [3.05, 3.63) is 131 Å². The lowest BCUT2D eigenvalue weighted by atomic mass is 9.92. The Morgan fingerprint density at radius 1 is 1.06 bits per heavy atom. The second kappa shape index (κ2) is 16.5. The Balaban J connectivity index is 1.26. The summed E-state index contributed by atoms with van der Waals surface area (Å²) in [4.78, 5) is 19.1. The first-order valence-corrected chi connectivity index (χ1v) is 19.1. The molecule has 5 rings (SSSR count). The zero-order valence-electron chi connectivity index (χ0n) is 29.3. The summed E-state index contributed by atoms with van der Waals surface area (Å²) in [5.74, 6) is 5.49. The molecule has 0 radical (unpaired) electrons. The van der Waals surface area contributed by atoms with Crippen LogP contribution in [0.4, 0.5) is 16.3 Å². The van der Waals surface area contributed by atoms with Crippen molar-refractivity contribution >= 4 is 54.0 Å². The van der Waals surface area contributed by atoms with Crippen LogP contribution in [0.2, 0.25) is 0 Å². The van der Waals surface area contributed by atoms with Gasteiger partial charge in [0.1, 0.15) is 32.7 Å². The SMILES string of the molecule is C=C(Nc1ccc(OCCc2cccnc2)c2ccccc12)Nc1cc(C(C)(C)C)nn1-c1ccc(COC(=O)NS(=C)(=O)SN(C)N=[N+]=[N-])cc1. The molecule has 0 saturated carbocycles. The number of pyridine rings is 1. The monoisotopic (exact) mass is 740 g/mol.